The summed E-state index contributed by atoms with van der Waals surface area (Å²) in [5, 5.41) is 12.7. The molecule has 0 aliphatic heterocycles. The summed E-state index contributed by atoms with van der Waals surface area (Å²) in [5.74, 6) is 0.885. The normalized spacial score (nSPS) is 11.3. The molecule has 4 rings (SSSR count). The summed E-state index contributed by atoms with van der Waals surface area (Å²) >= 11 is 0. The van der Waals surface area contributed by atoms with Crippen LogP contribution < -0.4 is 10.9 Å². The first-order valence-electron chi connectivity index (χ1n) is 10.3. The highest BCUT2D eigenvalue weighted by Gasteiger charge is 2.08. The Bertz CT molecular complexity index is 1200. The van der Waals surface area contributed by atoms with E-state index in [9.17, 15) is 4.79 Å². The van der Waals surface area contributed by atoms with E-state index in [0.29, 0.717) is 30.5 Å². The molecule has 0 saturated heterocycles. The summed E-state index contributed by atoms with van der Waals surface area (Å²) in [5.41, 5.74) is 6.15. The van der Waals surface area contributed by atoms with Gasteiger partial charge in [-0.3, -0.25) is 9.78 Å². The lowest BCUT2D eigenvalue weighted by Gasteiger charge is -2.07. The molecule has 3 N–H and O–H groups in total. The number of rotatable bonds is 7. The van der Waals surface area contributed by atoms with Crippen LogP contribution in [0.1, 0.15) is 47.7 Å². The molecule has 0 bridgehead atoms. The van der Waals surface area contributed by atoms with Gasteiger partial charge in [0.2, 0.25) is 5.95 Å². The maximum atomic E-state index is 12.4. The number of H-pyrrole nitrogens is 2. The van der Waals surface area contributed by atoms with E-state index < -0.39 is 0 Å². The smallest absolute Gasteiger partial charge is 0.274 e. The third kappa shape index (κ3) is 4.43. The molecule has 30 heavy (non-hydrogen) atoms. The van der Waals surface area contributed by atoms with Crippen LogP contribution in [0.25, 0.3) is 10.9 Å². The molecule has 0 fully saturated rings. The summed E-state index contributed by atoms with van der Waals surface area (Å²) in [7, 11) is 0. The maximum Gasteiger partial charge on any atom is 0.274 e. The second kappa shape index (κ2) is 8.53. The largest absolute Gasteiger partial charge is 0.361 e. The predicted molar refractivity (Wildman–Crippen MR) is 121 cm³/mol. The van der Waals surface area contributed by atoms with Crippen LogP contribution >= 0.6 is 0 Å². The maximum absolute atomic E-state index is 12.4. The van der Waals surface area contributed by atoms with Crippen molar-refractivity contribution < 1.29 is 0 Å². The summed E-state index contributed by atoms with van der Waals surface area (Å²) in [6.45, 7) is 7.07. The lowest BCUT2D eigenvalue weighted by Crippen LogP contribution is -2.20. The average molecular weight is 402 g/mol. The fourth-order valence-electron chi connectivity index (χ4n) is 3.58. The van der Waals surface area contributed by atoms with E-state index in [-0.39, 0.29) is 5.56 Å². The Morgan fingerprint density at radius 3 is 2.60 bits per heavy atom. The fourth-order valence-corrected chi connectivity index (χ4v) is 3.58. The number of hydrogen-bond acceptors (Lipinski definition) is 4. The van der Waals surface area contributed by atoms with Gasteiger partial charge in [0, 0.05) is 30.1 Å². The first kappa shape index (κ1) is 19.9. The quantitative estimate of drug-likeness (QED) is 0.430. The van der Waals surface area contributed by atoms with Crippen LogP contribution in [0.4, 0.5) is 5.95 Å². The summed E-state index contributed by atoms with van der Waals surface area (Å²) in [4.78, 5) is 18.5. The Kier molecular flexibility index (Phi) is 5.65. The average Bonchev–Trinajstić information content (AvgIpc) is 3.12. The molecule has 6 nitrogen and oxygen atoms in total. The Balaban J connectivity index is 1.38. The van der Waals surface area contributed by atoms with Gasteiger partial charge >= 0.3 is 0 Å². The molecule has 0 saturated carbocycles. The van der Waals surface area contributed by atoms with Gasteiger partial charge in [0.1, 0.15) is 5.69 Å². The van der Waals surface area contributed by atoms with Crippen molar-refractivity contribution in [3.8, 4) is 0 Å². The minimum Gasteiger partial charge on any atom is -0.361 e. The van der Waals surface area contributed by atoms with E-state index in [4.69, 9.17) is 0 Å². The number of aryl methyl sites for hydroxylation is 1. The van der Waals surface area contributed by atoms with Gasteiger partial charge in [0.05, 0.1) is 0 Å². The molecule has 2 aromatic heterocycles. The third-order valence-corrected chi connectivity index (χ3v) is 5.39. The second-order valence-corrected chi connectivity index (χ2v) is 8.06. The monoisotopic (exact) mass is 401 g/mol. The first-order valence-corrected chi connectivity index (χ1v) is 10.3. The van der Waals surface area contributed by atoms with Gasteiger partial charge in [-0.1, -0.05) is 49.7 Å². The van der Waals surface area contributed by atoms with Crippen molar-refractivity contribution in [2.24, 2.45) is 0 Å². The van der Waals surface area contributed by atoms with E-state index in [1.165, 1.54) is 22.1 Å². The van der Waals surface area contributed by atoms with E-state index in [1.807, 2.05) is 18.3 Å². The van der Waals surface area contributed by atoms with Crippen LogP contribution in [0.5, 0.6) is 0 Å². The molecule has 2 heterocycles. The van der Waals surface area contributed by atoms with E-state index in [0.717, 1.165) is 17.5 Å². The summed E-state index contributed by atoms with van der Waals surface area (Å²) in [6, 6.07) is 14.7. The van der Waals surface area contributed by atoms with Crippen LogP contribution in [0, 0.1) is 6.92 Å². The minimum atomic E-state index is -0.205. The van der Waals surface area contributed by atoms with Crippen LogP contribution in [-0.2, 0) is 12.8 Å². The number of hydrogen-bond donors (Lipinski definition) is 3. The molecule has 0 radical (unpaired) electrons. The van der Waals surface area contributed by atoms with Crippen molar-refractivity contribution in [3.63, 3.8) is 0 Å². The molecule has 0 aliphatic rings. The van der Waals surface area contributed by atoms with Crippen molar-refractivity contribution in [1.82, 2.24) is 20.2 Å². The molecule has 0 aliphatic carbocycles. The zero-order valence-electron chi connectivity index (χ0n) is 17.6. The number of aromatic amines is 2. The van der Waals surface area contributed by atoms with Crippen LogP contribution in [0.15, 0.2) is 53.5 Å². The molecular weight excluding hydrogens is 374 g/mol. The Morgan fingerprint density at radius 2 is 1.87 bits per heavy atom. The van der Waals surface area contributed by atoms with Crippen molar-refractivity contribution in [3.05, 3.63) is 87.0 Å². The Labute approximate surface area is 175 Å². The number of aromatic nitrogens is 4. The molecular formula is C24H27N5O. The molecule has 0 atom stereocenters. The SMILES string of the molecule is Cc1ccc2[nH]cc(CCNc3nnc(Cc4ccc(C(C)C)cc4)c(=O)[nH]3)c2c1. The predicted octanol–water partition coefficient (Wildman–Crippen LogP) is 4.32. The molecule has 4 aromatic rings. The molecule has 0 spiro atoms. The molecule has 0 amide bonds. The number of benzene rings is 2. The lowest BCUT2D eigenvalue weighted by molar-refractivity contribution is 0.850. The van der Waals surface area contributed by atoms with E-state index in [2.05, 4.69) is 76.6 Å². The topological polar surface area (TPSA) is 86.5 Å². The summed E-state index contributed by atoms with van der Waals surface area (Å²) < 4.78 is 0. The van der Waals surface area contributed by atoms with Crippen molar-refractivity contribution in [1.29, 1.82) is 0 Å². The molecule has 6 heteroatoms. The van der Waals surface area contributed by atoms with Gasteiger partial charge in [0.15, 0.2) is 0 Å². The van der Waals surface area contributed by atoms with Gasteiger partial charge in [0.25, 0.3) is 5.56 Å². The van der Waals surface area contributed by atoms with Crippen molar-refractivity contribution in [2.45, 2.75) is 39.5 Å². The van der Waals surface area contributed by atoms with Crippen LogP contribution in [0.2, 0.25) is 0 Å². The zero-order valence-corrected chi connectivity index (χ0v) is 17.6. The highest BCUT2D eigenvalue weighted by molar-refractivity contribution is 5.83. The van der Waals surface area contributed by atoms with Crippen LogP contribution in [0.3, 0.4) is 0 Å². The highest BCUT2D eigenvalue weighted by atomic mass is 16.1. The highest BCUT2D eigenvalue weighted by Crippen LogP contribution is 2.20. The number of nitrogens with zero attached hydrogens (tertiary/aromatic N) is 2. The number of nitrogens with one attached hydrogen (secondary N) is 3. The molecule has 0 unspecified atom stereocenters. The standard InChI is InChI=1S/C24H27N5O/c1-15(2)18-7-5-17(6-8-18)13-22-23(30)27-24(29-28-22)25-11-10-19-14-26-21-9-4-16(3)12-20(19)21/h4-9,12,14-15,26H,10-11,13H2,1-3H3,(H2,25,27,29,30). The van der Waals surface area contributed by atoms with Gasteiger partial charge in [-0.2, -0.15) is 0 Å². The van der Waals surface area contributed by atoms with E-state index >= 15 is 0 Å². The van der Waals surface area contributed by atoms with E-state index in [1.54, 1.807) is 0 Å². The van der Waals surface area contributed by atoms with Crippen LogP contribution in [-0.4, -0.2) is 26.7 Å². The number of fused-ring (bicyclic) bond motifs is 1. The minimum absolute atomic E-state index is 0.205. The fraction of sp³-hybridized carbons (Fsp3) is 0.292. The molecule has 2 aromatic carbocycles. The Morgan fingerprint density at radius 1 is 1.07 bits per heavy atom. The number of anilines is 1. The lowest BCUT2D eigenvalue weighted by atomic mass is 10.0. The van der Waals surface area contributed by atoms with Gasteiger partial charge in [-0.15, -0.1) is 10.2 Å². The Hall–Kier alpha value is -3.41. The zero-order chi connectivity index (χ0) is 21.1. The summed E-state index contributed by atoms with van der Waals surface area (Å²) in [6.07, 6.45) is 3.32. The van der Waals surface area contributed by atoms with Gasteiger partial charge < -0.3 is 10.3 Å². The molecule has 154 valence electrons. The third-order valence-electron chi connectivity index (χ3n) is 5.39. The van der Waals surface area contributed by atoms with Gasteiger partial charge in [-0.25, -0.2) is 0 Å². The second-order valence-electron chi connectivity index (χ2n) is 8.06. The van der Waals surface area contributed by atoms with Crippen molar-refractivity contribution >= 4 is 16.9 Å². The van der Waals surface area contributed by atoms with Gasteiger partial charge in [-0.05, 0) is 48.1 Å². The first-order chi connectivity index (χ1) is 14.5. The van der Waals surface area contributed by atoms with Crippen molar-refractivity contribution in [2.75, 3.05) is 11.9 Å².